The number of carbonyl (C=O) groups is 3. The predicted molar refractivity (Wildman–Crippen MR) is 226 cm³/mol. The maximum absolute atomic E-state index is 14.2. The number of likely N-dealkylation sites (tertiary alicyclic amines) is 1. The summed E-state index contributed by atoms with van der Waals surface area (Å²) < 4.78 is 11.6. The molecule has 61 heavy (non-hydrogen) atoms. The Morgan fingerprint density at radius 1 is 1.10 bits per heavy atom. The number of aliphatic carboxylic acids is 1. The monoisotopic (exact) mass is 850 g/mol. The van der Waals surface area contributed by atoms with Crippen molar-refractivity contribution < 1.29 is 39.0 Å². The van der Waals surface area contributed by atoms with E-state index in [0.717, 1.165) is 27.3 Å². The Balaban J connectivity index is 0.881. The average Bonchev–Trinajstić information content (AvgIpc) is 4.05. The van der Waals surface area contributed by atoms with E-state index in [-0.39, 0.29) is 79.2 Å². The summed E-state index contributed by atoms with van der Waals surface area (Å²) >= 11 is 1.57. The molecule has 5 aromatic rings. The Labute approximate surface area is 356 Å². The molecular weight excluding hydrogens is 801 g/mol. The van der Waals surface area contributed by atoms with Crippen LogP contribution in [-0.4, -0.2) is 102 Å². The normalized spacial score (nSPS) is 22.9. The molecule has 0 radical (unpaired) electrons. The number of para-hydroxylation sites is 1. The van der Waals surface area contributed by atoms with Crippen LogP contribution in [0.4, 0.5) is 5.82 Å². The number of aliphatic hydroxyl groups is 1. The lowest BCUT2D eigenvalue weighted by Crippen LogP contribution is -2.57. The molecule has 8 rings (SSSR count). The number of phenolic OH excluding ortho intramolecular Hbond substituents is 1. The molecule has 17 heteroatoms. The highest BCUT2D eigenvalue weighted by molar-refractivity contribution is 7.13. The minimum absolute atomic E-state index is 0.000339. The van der Waals surface area contributed by atoms with Crippen molar-refractivity contribution in [3.63, 3.8) is 0 Å². The number of benzene rings is 2. The van der Waals surface area contributed by atoms with Gasteiger partial charge in [-0.05, 0) is 73.5 Å². The van der Waals surface area contributed by atoms with Crippen molar-refractivity contribution in [1.82, 2.24) is 35.9 Å². The molecule has 1 aliphatic carbocycles. The smallest absolute Gasteiger partial charge is 0.323 e. The second-order valence-electron chi connectivity index (χ2n) is 16.6. The molecule has 5 heterocycles. The third-order valence-corrected chi connectivity index (χ3v) is 13.3. The third-order valence-electron chi connectivity index (χ3n) is 12.3. The van der Waals surface area contributed by atoms with E-state index >= 15 is 0 Å². The molecule has 2 aliphatic heterocycles. The lowest BCUT2D eigenvalue weighted by Gasteiger charge is -2.40. The van der Waals surface area contributed by atoms with Gasteiger partial charge in [-0.2, -0.15) is 0 Å². The highest BCUT2D eigenvalue weighted by Gasteiger charge is 2.50. The van der Waals surface area contributed by atoms with E-state index in [9.17, 15) is 29.7 Å². The first-order valence-corrected chi connectivity index (χ1v) is 21.5. The topological polar surface area (TPSA) is 225 Å². The number of rotatable bonds is 14. The van der Waals surface area contributed by atoms with Gasteiger partial charge in [-0.15, -0.1) is 21.5 Å². The Morgan fingerprint density at radius 3 is 2.61 bits per heavy atom. The summed E-state index contributed by atoms with van der Waals surface area (Å²) in [6.07, 6.45) is 0.494. The van der Waals surface area contributed by atoms with Crippen molar-refractivity contribution in [1.29, 1.82) is 0 Å². The number of aromatic hydroxyl groups is 1. The fourth-order valence-corrected chi connectivity index (χ4v) is 9.81. The summed E-state index contributed by atoms with van der Waals surface area (Å²) in [5.41, 5.74) is 5.41. The number of carbonyl (C=O) groups excluding carboxylic acids is 2. The minimum atomic E-state index is -1.23. The molecule has 7 atom stereocenters. The fraction of sp³-hybridized carbons (Fsp3) is 0.432. The Hall–Kier alpha value is -5.91. The maximum Gasteiger partial charge on any atom is 0.323 e. The third kappa shape index (κ3) is 8.41. The van der Waals surface area contributed by atoms with Crippen LogP contribution >= 0.6 is 11.3 Å². The highest BCUT2D eigenvalue weighted by Crippen LogP contribution is 2.47. The number of ether oxygens (including phenoxy) is 1. The summed E-state index contributed by atoms with van der Waals surface area (Å²) in [5.74, 6) is -1.81. The van der Waals surface area contributed by atoms with Gasteiger partial charge in [0.1, 0.15) is 29.9 Å². The first-order chi connectivity index (χ1) is 29.3. The van der Waals surface area contributed by atoms with Crippen LogP contribution in [0.25, 0.3) is 21.7 Å². The molecule has 16 nitrogen and oxygen atoms in total. The lowest BCUT2D eigenvalue weighted by molar-refractivity contribution is -0.146. The van der Waals surface area contributed by atoms with E-state index in [1.807, 2.05) is 69.6 Å². The zero-order valence-electron chi connectivity index (χ0n) is 34.4. The number of aliphatic hydroxyl groups excluding tert-OH is 1. The number of carboxylic acids is 1. The zero-order chi connectivity index (χ0) is 43.0. The second kappa shape index (κ2) is 17.2. The van der Waals surface area contributed by atoms with Crippen LogP contribution in [0.5, 0.6) is 11.6 Å². The van der Waals surface area contributed by atoms with Gasteiger partial charge in [0, 0.05) is 48.7 Å². The maximum atomic E-state index is 14.2. The van der Waals surface area contributed by atoms with Gasteiger partial charge in [0.2, 0.25) is 11.8 Å². The van der Waals surface area contributed by atoms with Crippen LogP contribution < -0.4 is 20.7 Å². The van der Waals surface area contributed by atoms with Crippen LogP contribution in [0.15, 0.2) is 70.7 Å². The van der Waals surface area contributed by atoms with Crippen molar-refractivity contribution in [2.24, 2.45) is 5.92 Å². The fourth-order valence-electron chi connectivity index (χ4n) is 9.00. The number of hydrogen-bond donors (Lipinski definition) is 6. The number of thiazole rings is 1. The number of carboxylic acid groups (broad SMARTS) is 1. The number of nitrogens with zero attached hydrogens (tertiary/aromatic N) is 5. The molecule has 0 spiro atoms. The highest BCUT2D eigenvalue weighted by atomic mass is 32.1. The SMILES string of the molecule is Cc1ncsc1-c1ccc([C@H](C)NC(=O)[C@@H]2C[C@@H](O)CN2C(=O)C(c2cc(OCCN[C@]3(C(=O)O)CCC4Nc5nnc(-c6ccccc6O)cc5C4C3)no2)C(C)C)cc1. The molecule has 2 fully saturated rings. The molecule has 320 valence electrons. The molecule has 3 aliphatic rings. The van der Waals surface area contributed by atoms with Crippen molar-refractivity contribution >= 4 is 34.9 Å². The van der Waals surface area contributed by atoms with Gasteiger partial charge in [0.05, 0.1) is 33.9 Å². The van der Waals surface area contributed by atoms with Crippen LogP contribution in [0.3, 0.4) is 0 Å². The van der Waals surface area contributed by atoms with Crippen molar-refractivity contribution in [3.05, 3.63) is 88.8 Å². The zero-order valence-corrected chi connectivity index (χ0v) is 35.2. The Morgan fingerprint density at radius 2 is 1.89 bits per heavy atom. The molecule has 3 aromatic heterocycles. The van der Waals surface area contributed by atoms with Crippen molar-refractivity contribution in [2.75, 3.05) is 25.0 Å². The number of anilines is 1. The van der Waals surface area contributed by atoms with Gasteiger partial charge in [0.15, 0.2) is 11.6 Å². The molecule has 2 amide bonds. The van der Waals surface area contributed by atoms with Crippen molar-refractivity contribution in [3.8, 4) is 33.3 Å². The summed E-state index contributed by atoms with van der Waals surface area (Å²) in [6.45, 7) is 7.85. The van der Waals surface area contributed by atoms with E-state index in [1.54, 1.807) is 35.6 Å². The molecule has 2 aromatic carbocycles. The standard InChI is InChI=1S/C44H50N8O8S/c1-23(2)38(42(56)52-21-28(53)17-34(52)41(55)47-24(3)26-9-11-27(12-10-26)39-25(4)45-22-61-39)36-19-37(51-60-36)59-16-15-46-44(43(57)58)14-13-32-31(20-44)30-18-33(49-50-40(30)48-32)29-7-5-6-8-35(29)54/h5-12,18-19,22-24,28,31-32,34,38,46,53-54H,13-17,20-21H2,1-4H3,(H,47,55)(H,48,50)(H,57,58)/t24-,28+,31?,32?,34-,38?,44+/m0/s1. The molecule has 3 unspecified atom stereocenters. The van der Waals surface area contributed by atoms with E-state index in [4.69, 9.17) is 9.26 Å². The van der Waals surface area contributed by atoms with Crippen LogP contribution in [-0.2, 0) is 14.4 Å². The summed E-state index contributed by atoms with van der Waals surface area (Å²) in [6, 6.07) is 17.0. The van der Waals surface area contributed by atoms with Crippen LogP contribution in [0.1, 0.15) is 86.9 Å². The minimum Gasteiger partial charge on any atom is -0.507 e. The largest absolute Gasteiger partial charge is 0.507 e. The Bertz CT molecular complexity index is 2400. The first-order valence-electron chi connectivity index (χ1n) is 20.6. The van der Waals surface area contributed by atoms with Gasteiger partial charge < -0.3 is 40.1 Å². The molecule has 1 saturated heterocycles. The van der Waals surface area contributed by atoms with Crippen molar-refractivity contribution in [2.45, 2.75) is 95.0 Å². The number of phenols is 1. The number of aryl methyl sites for hydroxylation is 1. The second-order valence-corrected chi connectivity index (χ2v) is 17.5. The molecule has 1 saturated carbocycles. The number of nitrogens with one attached hydrogen (secondary N) is 3. The van der Waals surface area contributed by atoms with E-state index in [2.05, 4.69) is 36.3 Å². The van der Waals surface area contributed by atoms with Gasteiger partial charge in [-0.25, -0.2) is 4.98 Å². The number of aromatic nitrogens is 4. The van der Waals surface area contributed by atoms with Gasteiger partial charge in [-0.1, -0.05) is 50.2 Å². The first kappa shape index (κ1) is 41.8. The molecule has 6 N–H and O–H groups in total. The molecule has 0 bridgehead atoms. The number of amides is 2. The van der Waals surface area contributed by atoms with Gasteiger partial charge in [0.25, 0.3) is 5.88 Å². The van der Waals surface area contributed by atoms with Gasteiger partial charge in [-0.3, -0.25) is 19.7 Å². The Kier molecular flexibility index (Phi) is 11.8. The molecular formula is C44H50N8O8S. The quantitative estimate of drug-likeness (QED) is 0.0770. The van der Waals surface area contributed by atoms with Crippen LogP contribution in [0.2, 0.25) is 0 Å². The summed E-state index contributed by atoms with van der Waals surface area (Å²) in [5, 5.41) is 54.1. The summed E-state index contributed by atoms with van der Waals surface area (Å²) in [7, 11) is 0. The average molecular weight is 851 g/mol. The number of fused-ring (bicyclic) bond motifs is 3. The van der Waals surface area contributed by atoms with Gasteiger partial charge >= 0.3 is 5.97 Å². The lowest BCUT2D eigenvalue weighted by atomic mass is 9.72. The number of β-amino-alcohol motifs (C(OH)–C–C–N with tert-alkyl or cyclic N) is 1. The van der Waals surface area contributed by atoms with E-state index in [0.29, 0.717) is 36.3 Å². The summed E-state index contributed by atoms with van der Waals surface area (Å²) in [4.78, 5) is 47.6. The number of hydrogen-bond acceptors (Lipinski definition) is 14. The van der Waals surface area contributed by atoms with E-state index in [1.165, 1.54) is 4.90 Å². The predicted octanol–water partition coefficient (Wildman–Crippen LogP) is 5.40. The van der Waals surface area contributed by atoms with Crippen LogP contribution in [0, 0.1) is 12.8 Å². The van der Waals surface area contributed by atoms with E-state index < -0.39 is 29.6 Å².